The number of benzene rings is 4. The maximum absolute atomic E-state index is 12.5. The number of hydrogen-bond donors (Lipinski definition) is 0. The van der Waals surface area contributed by atoms with Crippen molar-refractivity contribution in [2.75, 3.05) is 39.6 Å². The van der Waals surface area contributed by atoms with E-state index in [0.29, 0.717) is 47.3 Å². The molecule has 8 nitrogen and oxygen atoms in total. The highest BCUT2D eigenvalue weighted by molar-refractivity contribution is 5.93. The van der Waals surface area contributed by atoms with E-state index in [9.17, 15) is 9.59 Å². The number of rotatable bonds is 15. The molecule has 0 saturated carbocycles. The van der Waals surface area contributed by atoms with Crippen LogP contribution in [0.5, 0.6) is 23.0 Å². The van der Waals surface area contributed by atoms with Gasteiger partial charge in [0.1, 0.15) is 47.3 Å². The highest BCUT2D eigenvalue weighted by Gasteiger charge is 2.15. The number of carbonyl (C=O) groups excluding carboxylic acids is 2. The predicted octanol–water partition coefficient (Wildman–Crippen LogP) is 6.32. The monoisotopic (exact) mass is 542 g/mol. The first kappa shape index (κ1) is 28.4. The zero-order chi connectivity index (χ0) is 27.8. The summed E-state index contributed by atoms with van der Waals surface area (Å²) in [6.45, 7) is 1.19. The molecule has 4 aromatic carbocycles. The first-order valence-corrected chi connectivity index (χ1v) is 12.8. The summed E-state index contributed by atoms with van der Waals surface area (Å²) in [5, 5.41) is 0. The Hall–Kier alpha value is -4.66. The lowest BCUT2D eigenvalue weighted by molar-refractivity contribution is 0.00217. The Morgan fingerprint density at radius 1 is 0.425 bits per heavy atom. The summed E-state index contributed by atoms with van der Waals surface area (Å²) in [4.78, 5) is 25.0. The van der Waals surface area contributed by atoms with Crippen molar-refractivity contribution >= 4 is 11.9 Å². The van der Waals surface area contributed by atoms with Gasteiger partial charge in [-0.15, -0.1) is 0 Å². The summed E-state index contributed by atoms with van der Waals surface area (Å²) in [5.41, 5.74) is 0.664. The minimum Gasteiger partial charge on any atom is -0.460 e. The number of carbonyl (C=O) groups is 2. The van der Waals surface area contributed by atoms with Gasteiger partial charge in [-0.1, -0.05) is 60.7 Å². The molecule has 0 radical (unpaired) electrons. The lowest BCUT2D eigenvalue weighted by Crippen LogP contribution is -2.15. The molecule has 0 unspecified atom stereocenters. The lowest BCUT2D eigenvalue weighted by Gasteiger charge is -2.12. The summed E-state index contributed by atoms with van der Waals surface area (Å²) in [5.74, 6) is 1.10. The Balaban J connectivity index is 1.08. The van der Waals surface area contributed by atoms with Crippen LogP contribution < -0.4 is 9.47 Å². The molecule has 0 fully saturated rings. The van der Waals surface area contributed by atoms with Crippen molar-refractivity contribution in [1.29, 1.82) is 0 Å². The van der Waals surface area contributed by atoms with Crippen molar-refractivity contribution in [1.82, 2.24) is 0 Å². The Labute approximate surface area is 233 Å². The molecule has 4 rings (SSSR count). The average Bonchev–Trinajstić information content (AvgIpc) is 2.99. The van der Waals surface area contributed by atoms with E-state index in [0.717, 1.165) is 0 Å². The quantitative estimate of drug-likeness (QED) is 0.127. The van der Waals surface area contributed by atoms with Crippen LogP contribution in [0, 0.1) is 0 Å². The van der Waals surface area contributed by atoms with E-state index in [-0.39, 0.29) is 26.4 Å². The topological polar surface area (TPSA) is 89.5 Å². The number of esters is 2. The van der Waals surface area contributed by atoms with Crippen molar-refractivity contribution < 1.29 is 38.0 Å². The van der Waals surface area contributed by atoms with Crippen LogP contribution in [-0.2, 0) is 18.9 Å². The largest absolute Gasteiger partial charge is 0.460 e. The zero-order valence-electron chi connectivity index (χ0n) is 21.9. The minimum atomic E-state index is -0.496. The van der Waals surface area contributed by atoms with Crippen LogP contribution in [-0.4, -0.2) is 51.6 Å². The number of para-hydroxylation sites is 4. The summed E-state index contributed by atoms with van der Waals surface area (Å²) < 4.78 is 33.2. The van der Waals surface area contributed by atoms with Crippen LogP contribution in [0.2, 0.25) is 0 Å². The highest BCUT2D eigenvalue weighted by Crippen LogP contribution is 2.26. The predicted molar refractivity (Wildman–Crippen MR) is 148 cm³/mol. The lowest BCUT2D eigenvalue weighted by atomic mass is 10.2. The van der Waals surface area contributed by atoms with Crippen molar-refractivity contribution in [2.24, 2.45) is 0 Å². The van der Waals surface area contributed by atoms with Gasteiger partial charge in [-0.05, 0) is 48.5 Å². The molecule has 0 amide bonds. The molecule has 0 aliphatic heterocycles. The molecule has 0 aliphatic carbocycles. The molecular weight excluding hydrogens is 512 g/mol. The second-order valence-electron chi connectivity index (χ2n) is 8.32. The molecule has 40 heavy (non-hydrogen) atoms. The van der Waals surface area contributed by atoms with Gasteiger partial charge in [0, 0.05) is 0 Å². The molecule has 0 aromatic heterocycles. The number of hydrogen-bond acceptors (Lipinski definition) is 8. The van der Waals surface area contributed by atoms with Crippen LogP contribution in [0.3, 0.4) is 0 Å². The third-order valence-electron chi connectivity index (χ3n) is 5.45. The Bertz CT molecular complexity index is 1240. The summed E-state index contributed by atoms with van der Waals surface area (Å²) in [6.07, 6.45) is 0. The molecule has 206 valence electrons. The zero-order valence-corrected chi connectivity index (χ0v) is 21.9. The van der Waals surface area contributed by atoms with Crippen molar-refractivity contribution in [3.05, 3.63) is 120 Å². The van der Waals surface area contributed by atoms with E-state index in [1.807, 2.05) is 60.7 Å². The molecule has 8 heteroatoms. The fourth-order valence-corrected chi connectivity index (χ4v) is 3.54. The minimum absolute atomic E-state index is 0.0839. The molecule has 0 saturated heterocycles. The van der Waals surface area contributed by atoms with Gasteiger partial charge in [-0.25, -0.2) is 9.59 Å². The van der Waals surface area contributed by atoms with Gasteiger partial charge in [0.25, 0.3) is 0 Å². The SMILES string of the molecule is O=C(OCCOCCOCCOC(=O)c1ccccc1Oc1ccccc1)c1ccccc1Oc1ccccc1. The van der Waals surface area contributed by atoms with E-state index >= 15 is 0 Å². The van der Waals surface area contributed by atoms with Crippen LogP contribution in [0.1, 0.15) is 20.7 Å². The van der Waals surface area contributed by atoms with Crippen LogP contribution in [0.4, 0.5) is 0 Å². The van der Waals surface area contributed by atoms with Gasteiger partial charge in [-0.2, -0.15) is 0 Å². The second kappa shape index (κ2) is 15.7. The van der Waals surface area contributed by atoms with E-state index in [1.54, 1.807) is 48.5 Å². The first-order chi connectivity index (χ1) is 19.7. The molecule has 0 N–H and O–H groups in total. The van der Waals surface area contributed by atoms with E-state index in [1.165, 1.54) is 0 Å². The first-order valence-electron chi connectivity index (χ1n) is 12.8. The van der Waals surface area contributed by atoms with E-state index in [4.69, 9.17) is 28.4 Å². The smallest absolute Gasteiger partial charge is 0.342 e. The Morgan fingerprint density at radius 3 is 1.20 bits per heavy atom. The molecule has 0 aliphatic rings. The maximum Gasteiger partial charge on any atom is 0.342 e. The Kier molecular flexibility index (Phi) is 11.1. The standard InChI is InChI=1S/C32H30O8/c33-31(27-15-7-9-17-29(27)39-25-11-3-1-4-12-25)37-23-21-35-19-20-36-22-24-38-32(34)28-16-8-10-18-30(28)40-26-13-5-2-6-14-26/h1-18H,19-24H2. The normalized spacial score (nSPS) is 10.5. The summed E-state index contributed by atoms with van der Waals surface area (Å²) in [7, 11) is 0. The molecular formula is C32H30O8. The second-order valence-corrected chi connectivity index (χ2v) is 8.32. The third kappa shape index (κ3) is 8.97. The van der Waals surface area contributed by atoms with Crippen LogP contribution >= 0.6 is 0 Å². The van der Waals surface area contributed by atoms with Gasteiger partial charge in [0.05, 0.1) is 26.4 Å². The van der Waals surface area contributed by atoms with Gasteiger partial charge >= 0.3 is 11.9 Å². The van der Waals surface area contributed by atoms with Crippen molar-refractivity contribution in [2.45, 2.75) is 0 Å². The average molecular weight is 543 g/mol. The van der Waals surface area contributed by atoms with Crippen molar-refractivity contribution in [3.8, 4) is 23.0 Å². The van der Waals surface area contributed by atoms with Crippen LogP contribution in [0.25, 0.3) is 0 Å². The molecule has 0 heterocycles. The number of ether oxygens (including phenoxy) is 6. The van der Waals surface area contributed by atoms with Gasteiger partial charge in [0.15, 0.2) is 0 Å². The third-order valence-corrected chi connectivity index (χ3v) is 5.45. The maximum atomic E-state index is 12.5. The molecule has 4 aromatic rings. The summed E-state index contributed by atoms with van der Waals surface area (Å²) in [6, 6.07) is 32.2. The van der Waals surface area contributed by atoms with Gasteiger partial charge in [-0.3, -0.25) is 0 Å². The van der Waals surface area contributed by atoms with Crippen LogP contribution in [0.15, 0.2) is 109 Å². The van der Waals surface area contributed by atoms with E-state index < -0.39 is 11.9 Å². The summed E-state index contributed by atoms with van der Waals surface area (Å²) >= 11 is 0. The molecule has 0 bridgehead atoms. The van der Waals surface area contributed by atoms with Gasteiger partial charge < -0.3 is 28.4 Å². The van der Waals surface area contributed by atoms with E-state index in [2.05, 4.69) is 0 Å². The van der Waals surface area contributed by atoms with Crippen molar-refractivity contribution in [3.63, 3.8) is 0 Å². The van der Waals surface area contributed by atoms with Gasteiger partial charge in [0.2, 0.25) is 0 Å². The fraction of sp³-hybridized carbons (Fsp3) is 0.188. The molecule has 0 spiro atoms. The fourth-order valence-electron chi connectivity index (χ4n) is 3.54. The highest BCUT2D eigenvalue weighted by atomic mass is 16.6. The molecule has 0 atom stereocenters. The Morgan fingerprint density at radius 2 is 0.775 bits per heavy atom.